The van der Waals surface area contributed by atoms with E-state index < -0.39 is 23.4 Å². The fraction of sp³-hybridized carbons (Fsp3) is 0.222. The molecule has 2 aromatic rings. The van der Waals surface area contributed by atoms with E-state index in [1.54, 1.807) is 26.0 Å². The fourth-order valence-electron chi connectivity index (χ4n) is 2.26. The van der Waals surface area contributed by atoms with Crippen LogP contribution in [0.5, 0.6) is 0 Å². The monoisotopic (exact) mass is 410 g/mol. The molecule has 0 aliphatic carbocycles. The van der Waals surface area contributed by atoms with Gasteiger partial charge in [-0.2, -0.15) is 0 Å². The summed E-state index contributed by atoms with van der Waals surface area (Å²) in [5.74, 6) is -1.35. The van der Waals surface area contributed by atoms with Gasteiger partial charge in [-0.15, -0.1) is 0 Å². The number of ether oxygens (including phenoxy) is 1. The van der Waals surface area contributed by atoms with Crippen LogP contribution >= 0.6 is 23.2 Å². The van der Waals surface area contributed by atoms with Crippen LogP contribution in [-0.4, -0.2) is 23.4 Å². The van der Waals surface area contributed by atoms with Crippen LogP contribution in [0, 0.1) is 24.0 Å². The lowest BCUT2D eigenvalue weighted by molar-refractivity contribution is -0.384. The Kier molecular flexibility index (Phi) is 6.76. The number of carbonyl (C=O) groups excluding carboxylic acids is 2. The summed E-state index contributed by atoms with van der Waals surface area (Å²) in [5.41, 5.74) is 1.84. The molecule has 0 aromatic heterocycles. The van der Waals surface area contributed by atoms with Gasteiger partial charge in [-0.1, -0.05) is 29.3 Å². The predicted molar refractivity (Wildman–Crippen MR) is 102 cm³/mol. The molecule has 142 valence electrons. The van der Waals surface area contributed by atoms with Crippen LogP contribution in [-0.2, 0) is 20.7 Å². The van der Waals surface area contributed by atoms with Crippen molar-refractivity contribution in [2.75, 3.05) is 11.9 Å². The first-order chi connectivity index (χ1) is 12.7. The van der Waals surface area contributed by atoms with Gasteiger partial charge in [-0.3, -0.25) is 19.7 Å². The average molecular weight is 411 g/mol. The smallest absolute Gasteiger partial charge is 0.310 e. The average Bonchev–Trinajstić information content (AvgIpc) is 2.58. The van der Waals surface area contributed by atoms with Crippen molar-refractivity contribution < 1.29 is 19.2 Å². The number of nitrogens with zero attached hydrogens (tertiary/aromatic N) is 1. The molecule has 1 N–H and O–H groups in total. The number of amides is 1. The zero-order valence-corrected chi connectivity index (χ0v) is 16.1. The molecule has 0 saturated carbocycles. The first kappa shape index (κ1) is 20.7. The van der Waals surface area contributed by atoms with Crippen molar-refractivity contribution in [2.45, 2.75) is 20.3 Å². The van der Waals surface area contributed by atoms with Crippen molar-refractivity contribution in [2.24, 2.45) is 0 Å². The normalized spacial score (nSPS) is 10.4. The Morgan fingerprint density at radius 2 is 1.81 bits per heavy atom. The molecule has 0 atom stereocenters. The lowest BCUT2D eigenvalue weighted by Crippen LogP contribution is -2.22. The molecule has 0 aliphatic rings. The van der Waals surface area contributed by atoms with Gasteiger partial charge in [0.05, 0.1) is 11.3 Å². The number of nitro groups is 1. The largest absolute Gasteiger partial charge is 0.455 e. The van der Waals surface area contributed by atoms with Gasteiger partial charge in [0.15, 0.2) is 6.61 Å². The number of hydrogen-bond acceptors (Lipinski definition) is 5. The predicted octanol–water partition coefficient (Wildman–Crippen LogP) is 4.24. The van der Waals surface area contributed by atoms with Gasteiger partial charge in [-0.25, -0.2) is 0 Å². The van der Waals surface area contributed by atoms with E-state index >= 15 is 0 Å². The maximum Gasteiger partial charge on any atom is 0.310 e. The molecule has 0 unspecified atom stereocenters. The number of esters is 1. The zero-order chi connectivity index (χ0) is 20.1. The van der Waals surface area contributed by atoms with E-state index in [0.29, 0.717) is 15.6 Å². The third kappa shape index (κ3) is 5.67. The summed E-state index contributed by atoms with van der Waals surface area (Å²) in [6, 6.07) is 7.55. The summed E-state index contributed by atoms with van der Waals surface area (Å²) in [6.45, 7) is 2.93. The first-order valence-electron chi connectivity index (χ1n) is 7.82. The van der Waals surface area contributed by atoms with Crippen molar-refractivity contribution in [1.82, 2.24) is 0 Å². The highest BCUT2D eigenvalue weighted by atomic mass is 35.5. The Bertz CT molecular complexity index is 915. The highest BCUT2D eigenvalue weighted by molar-refractivity contribution is 6.35. The maximum atomic E-state index is 12.0. The summed E-state index contributed by atoms with van der Waals surface area (Å²) < 4.78 is 4.91. The number of rotatable bonds is 6. The van der Waals surface area contributed by atoms with Crippen LogP contribution in [0.1, 0.15) is 16.7 Å². The number of halogens is 2. The van der Waals surface area contributed by atoms with E-state index in [-0.39, 0.29) is 17.8 Å². The third-order valence-corrected chi connectivity index (χ3v) is 4.38. The topological polar surface area (TPSA) is 98.5 Å². The quantitative estimate of drug-likeness (QED) is 0.436. The van der Waals surface area contributed by atoms with Gasteiger partial charge >= 0.3 is 5.97 Å². The van der Waals surface area contributed by atoms with Crippen LogP contribution < -0.4 is 5.32 Å². The number of benzene rings is 2. The Morgan fingerprint density at radius 1 is 1.15 bits per heavy atom. The van der Waals surface area contributed by atoms with Crippen molar-refractivity contribution in [1.29, 1.82) is 0 Å². The first-order valence-corrected chi connectivity index (χ1v) is 8.58. The molecule has 0 spiro atoms. The lowest BCUT2D eigenvalue weighted by atomic mass is 10.1. The van der Waals surface area contributed by atoms with Crippen molar-refractivity contribution >= 4 is 46.5 Å². The Morgan fingerprint density at radius 3 is 2.44 bits per heavy atom. The van der Waals surface area contributed by atoms with Crippen LogP contribution in [0.3, 0.4) is 0 Å². The van der Waals surface area contributed by atoms with Gasteiger partial charge in [-0.05, 0) is 48.7 Å². The highest BCUT2D eigenvalue weighted by Crippen LogP contribution is 2.28. The maximum absolute atomic E-state index is 12.0. The van der Waals surface area contributed by atoms with Crippen LogP contribution in [0.4, 0.5) is 11.4 Å². The zero-order valence-electron chi connectivity index (χ0n) is 14.5. The summed E-state index contributed by atoms with van der Waals surface area (Å²) in [5, 5.41) is 14.3. The van der Waals surface area contributed by atoms with Gasteiger partial charge in [0.25, 0.3) is 11.6 Å². The molecule has 0 heterocycles. The van der Waals surface area contributed by atoms with Gasteiger partial charge in [0.1, 0.15) is 5.69 Å². The van der Waals surface area contributed by atoms with Crippen molar-refractivity contribution in [3.05, 3.63) is 67.2 Å². The van der Waals surface area contributed by atoms with E-state index in [9.17, 15) is 19.7 Å². The SMILES string of the molecule is Cc1cc(NC(=O)COC(=O)Cc2ccc(Cl)cc2Cl)c([N+](=O)[O-])cc1C. The number of nitro benzene ring substituents is 1. The molecule has 7 nitrogen and oxygen atoms in total. The van der Waals surface area contributed by atoms with E-state index in [1.165, 1.54) is 18.2 Å². The number of aryl methyl sites for hydroxylation is 2. The second-order valence-electron chi connectivity index (χ2n) is 5.83. The second-order valence-corrected chi connectivity index (χ2v) is 6.68. The molecule has 2 aromatic carbocycles. The number of nitrogens with one attached hydrogen (secondary N) is 1. The van der Waals surface area contributed by atoms with Gasteiger partial charge < -0.3 is 10.1 Å². The van der Waals surface area contributed by atoms with Crippen molar-refractivity contribution in [3.63, 3.8) is 0 Å². The Hall–Kier alpha value is -2.64. The van der Waals surface area contributed by atoms with Crippen LogP contribution in [0.15, 0.2) is 30.3 Å². The van der Waals surface area contributed by atoms with Gasteiger partial charge in [0.2, 0.25) is 0 Å². The minimum absolute atomic E-state index is 0.0462. The summed E-state index contributed by atoms with van der Waals surface area (Å²) in [4.78, 5) is 34.4. The second kappa shape index (κ2) is 8.83. The molecule has 0 fully saturated rings. The number of carbonyl (C=O) groups is 2. The molecular formula is C18H16Cl2N2O5. The number of hydrogen-bond donors (Lipinski definition) is 1. The van der Waals surface area contributed by atoms with Crippen LogP contribution in [0.2, 0.25) is 10.0 Å². The van der Waals surface area contributed by atoms with E-state index in [0.717, 1.165) is 11.1 Å². The molecule has 9 heteroatoms. The van der Waals surface area contributed by atoms with Crippen molar-refractivity contribution in [3.8, 4) is 0 Å². The molecular weight excluding hydrogens is 395 g/mol. The Balaban J connectivity index is 1.97. The Labute approximate surface area is 165 Å². The van der Waals surface area contributed by atoms with Gasteiger partial charge in [0, 0.05) is 16.1 Å². The standard InChI is InChI=1S/C18H16Cl2N2O5/c1-10-5-15(16(22(25)26)6-11(10)2)21-17(23)9-27-18(24)7-12-3-4-13(19)8-14(12)20/h3-6,8H,7,9H2,1-2H3,(H,21,23). The highest BCUT2D eigenvalue weighted by Gasteiger charge is 2.18. The molecule has 0 radical (unpaired) electrons. The fourth-order valence-corrected chi connectivity index (χ4v) is 2.73. The molecule has 1 amide bonds. The summed E-state index contributed by atoms with van der Waals surface area (Å²) >= 11 is 11.8. The van der Waals surface area contributed by atoms with E-state index in [2.05, 4.69) is 5.32 Å². The van der Waals surface area contributed by atoms with E-state index in [1.807, 2.05) is 0 Å². The van der Waals surface area contributed by atoms with E-state index in [4.69, 9.17) is 27.9 Å². The van der Waals surface area contributed by atoms with Crippen LogP contribution in [0.25, 0.3) is 0 Å². The molecule has 0 bridgehead atoms. The minimum Gasteiger partial charge on any atom is -0.455 e. The lowest BCUT2D eigenvalue weighted by Gasteiger charge is -2.10. The summed E-state index contributed by atoms with van der Waals surface area (Å²) in [6.07, 6.45) is -0.132. The molecule has 0 saturated heterocycles. The molecule has 0 aliphatic heterocycles. The summed E-state index contributed by atoms with van der Waals surface area (Å²) in [7, 11) is 0. The molecule has 2 rings (SSSR count). The molecule has 27 heavy (non-hydrogen) atoms. The third-order valence-electron chi connectivity index (χ3n) is 3.80. The minimum atomic E-state index is -0.683. The number of anilines is 1.